The summed E-state index contributed by atoms with van der Waals surface area (Å²) >= 11 is 8.49. The van der Waals surface area contributed by atoms with Crippen molar-refractivity contribution in [2.24, 2.45) is 5.10 Å². The minimum Gasteiger partial charge on any atom is -0.455 e. The molecule has 104 valence electrons. The molecule has 0 spiro atoms. The third-order valence-electron chi connectivity index (χ3n) is 2.46. The molecule has 1 aromatic carbocycles. The van der Waals surface area contributed by atoms with Crippen LogP contribution >= 0.6 is 28.1 Å². The lowest BCUT2D eigenvalue weighted by Crippen LogP contribution is -2.31. The zero-order chi connectivity index (χ0) is 14.4. The van der Waals surface area contributed by atoms with E-state index in [9.17, 15) is 0 Å². The first-order valence-electron chi connectivity index (χ1n) is 6.12. The van der Waals surface area contributed by atoms with Gasteiger partial charge in [-0.1, -0.05) is 34.1 Å². The number of furan rings is 1. The number of nitrogens with one attached hydrogen (secondary N) is 2. The van der Waals surface area contributed by atoms with E-state index in [1.165, 1.54) is 0 Å². The van der Waals surface area contributed by atoms with E-state index in [-0.39, 0.29) is 0 Å². The average molecular weight is 352 g/mol. The second-order valence-electron chi connectivity index (χ2n) is 3.91. The molecule has 1 aromatic heterocycles. The van der Waals surface area contributed by atoms with Crippen molar-refractivity contribution < 1.29 is 4.42 Å². The zero-order valence-electron chi connectivity index (χ0n) is 10.9. The van der Waals surface area contributed by atoms with Crippen LogP contribution in [-0.2, 0) is 0 Å². The fraction of sp³-hybridized carbons (Fsp3) is 0.143. The molecule has 0 bridgehead atoms. The van der Waals surface area contributed by atoms with Crippen LogP contribution in [0, 0.1) is 0 Å². The van der Waals surface area contributed by atoms with Gasteiger partial charge in [0, 0.05) is 16.6 Å². The molecule has 0 aliphatic rings. The molecule has 2 N–H and O–H groups in total. The van der Waals surface area contributed by atoms with Gasteiger partial charge in [0.1, 0.15) is 11.5 Å². The Morgan fingerprint density at radius 2 is 2.15 bits per heavy atom. The summed E-state index contributed by atoms with van der Waals surface area (Å²) in [5.41, 5.74) is 3.72. The Bertz CT molecular complexity index is 624. The number of hydrogen-bond donors (Lipinski definition) is 2. The summed E-state index contributed by atoms with van der Waals surface area (Å²) in [4.78, 5) is 0. The van der Waals surface area contributed by atoms with Gasteiger partial charge in [0.15, 0.2) is 5.11 Å². The molecule has 1 heterocycles. The minimum atomic E-state index is 0.487. The summed E-state index contributed by atoms with van der Waals surface area (Å²) in [6.45, 7) is 2.72. The molecule has 20 heavy (non-hydrogen) atoms. The van der Waals surface area contributed by atoms with E-state index < -0.39 is 0 Å². The molecular formula is C14H14BrN3OS. The van der Waals surface area contributed by atoms with Gasteiger partial charge in [-0.3, -0.25) is 5.43 Å². The van der Waals surface area contributed by atoms with Crippen LogP contribution in [-0.4, -0.2) is 17.9 Å². The lowest BCUT2D eigenvalue weighted by molar-refractivity contribution is 0.574. The third kappa shape index (κ3) is 3.91. The van der Waals surface area contributed by atoms with E-state index in [0.29, 0.717) is 10.9 Å². The van der Waals surface area contributed by atoms with Gasteiger partial charge in [-0.05, 0) is 37.3 Å². The molecule has 0 unspecified atom stereocenters. The molecule has 0 atom stereocenters. The topological polar surface area (TPSA) is 49.6 Å². The second-order valence-corrected chi connectivity index (χ2v) is 5.17. The SMILES string of the molecule is CCNC(=S)N/N=C\c1ccc(-c2ccccc2Br)o1. The van der Waals surface area contributed by atoms with E-state index in [4.69, 9.17) is 16.6 Å². The number of benzene rings is 1. The minimum absolute atomic E-state index is 0.487. The van der Waals surface area contributed by atoms with Gasteiger partial charge in [0.05, 0.1) is 6.21 Å². The molecule has 2 aromatic rings. The van der Waals surface area contributed by atoms with E-state index in [2.05, 4.69) is 31.8 Å². The van der Waals surface area contributed by atoms with E-state index in [1.54, 1.807) is 6.21 Å². The van der Waals surface area contributed by atoms with E-state index in [1.807, 2.05) is 43.3 Å². The number of thiocarbonyl (C=S) groups is 1. The van der Waals surface area contributed by atoms with Gasteiger partial charge in [-0.15, -0.1) is 0 Å². The lowest BCUT2D eigenvalue weighted by atomic mass is 10.2. The van der Waals surface area contributed by atoms with Crippen LogP contribution in [0.4, 0.5) is 0 Å². The summed E-state index contributed by atoms with van der Waals surface area (Å²) in [5.74, 6) is 1.44. The second kappa shape index (κ2) is 7.21. The molecule has 0 aliphatic heterocycles. The normalized spacial score (nSPS) is 10.7. The van der Waals surface area contributed by atoms with Gasteiger partial charge < -0.3 is 9.73 Å². The van der Waals surface area contributed by atoms with Gasteiger partial charge in [-0.25, -0.2) is 0 Å². The average Bonchev–Trinajstić information content (AvgIpc) is 2.88. The predicted octanol–water partition coefficient (Wildman–Crippen LogP) is 3.53. The van der Waals surface area contributed by atoms with Crippen LogP contribution < -0.4 is 10.7 Å². The molecule has 2 rings (SSSR count). The molecule has 0 radical (unpaired) electrons. The fourth-order valence-corrected chi connectivity index (χ4v) is 2.26. The highest BCUT2D eigenvalue weighted by Crippen LogP contribution is 2.28. The number of halogens is 1. The first-order chi connectivity index (χ1) is 9.70. The van der Waals surface area contributed by atoms with Crippen LogP contribution in [0.15, 0.2) is 50.4 Å². The third-order valence-corrected chi connectivity index (χ3v) is 3.39. The number of hydrazone groups is 1. The van der Waals surface area contributed by atoms with Gasteiger partial charge >= 0.3 is 0 Å². The maximum Gasteiger partial charge on any atom is 0.186 e. The molecule has 6 heteroatoms. The first kappa shape index (κ1) is 14.7. The smallest absolute Gasteiger partial charge is 0.186 e. The molecule has 0 saturated heterocycles. The first-order valence-corrected chi connectivity index (χ1v) is 7.32. The molecule has 0 aliphatic carbocycles. The Morgan fingerprint density at radius 3 is 2.90 bits per heavy atom. The van der Waals surface area contributed by atoms with Crippen molar-refractivity contribution >= 4 is 39.5 Å². The van der Waals surface area contributed by atoms with Crippen molar-refractivity contribution in [2.75, 3.05) is 6.54 Å². The van der Waals surface area contributed by atoms with Crippen molar-refractivity contribution in [3.05, 3.63) is 46.6 Å². The van der Waals surface area contributed by atoms with Crippen LogP contribution in [0.25, 0.3) is 11.3 Å². The Morgan fingerprint density at radius 1 is 1.35 bits per heavy atom. The standard InChI is InChI=1S/C14H14BrN3OS/c1-2-16-14(20)18-17-9-10-7-8-13(19-10)11-5-3-4-6-12(11)15/h3-9H,2H2,1H3,(H2,16,18,20)/b17-9-. The maximum absolute atomic E-state index is 5.71. The Balaban J connectivity index is 2.05. The molecule has 0 amide bonds. The Labute approximate surface area is 131 Å². The molecular weight excluding hydrogens is 338 g/mol. The highest BCUT2D eigenvalue weighted by Gasteiger charge is 2.06. The van der Waals surface area contributed by atoms with E-state index in [0.717, 1.165) is 22.3 Å². The molecule has 4 nitrogen and oxygen atoms in total. The quantitative estimate of drug-likeness (QED) is 0.502. The summed E-state index contributed by atoms with van der Waals surface area (Å²) in [5, 5.41) is 7.43. The summed E-state index contributed by atoms with van der Waals surface area (Å²) in [6, 6.07) is 11.7. The zero-order valence-corrected chi connectivity index (χ0v) is 13.3. The highest BCUT2D eigenvalue weighted by molar-refractivity contribution is 9.10. The summed E-state index contributed by atoms with van der Waals surface area (Å²) in [6.07, 6.45) is 1.59. The number of nitrogens with zero attached hydrogens (tertiary/aromatic N) is 1. The molecule has 0 saturated carbocycles. The number of hydrogen-bond acceptors (Lipinski definition) is 3. The fourth-order valence-electron chi connectivity index (χ4n) is 1.58. The largest absolute Gasteiger partial charge is 0.455 e. The van der Waals surface area contributed by atoms with Crippen LogP contribution in [0.2, 0.25) is 0 Å². The monoisotopic (exact) mass is 351 g/mol. The van der Waals surface area contributed by atoms with Crippen molar-refractivity contribution in [1.82, 2.24) is 10.7 Å². The molecule has 0 fully saturated rings. The van der Waals surface area contributed by atoms with Crippen molar-refractivity contribution in [3.63, 3.8) is 0 Å². The lowest BCUT2D eigenvalue weighted by Gasteiger charge is -2.02. The van der Waals surface area contributed by atoms with Gasteiger partial charge in [0.2, 0.25) is 0 Å². The van der Waals surface area contributed by atoms with Crippen LogP contribution in [0.3, 0.4) is 0 Å². The van der Waals surface area contributed by atoms with Crippen molar-refractivity contribution in [3.8, 4) is 11.3 Å². The van der Waals surface area contributed by atoms with Gasteiger partial charge in [0.25, 0.3) is 0 Å². The highest BCUT2D eigenvalue weighted by atomic mass is 79.9. The Kier molecular flexibility index (Phi) is 5.31. The van der Waals surface area contributed by atoms with E-state index >= 15 is 0 Å². The predicted molar refractivity (Wildman–Crippen MR) is 88.8 cm³/mol. The summed E-state index contributed by atoms with van der Waals surface area (Å²) < 4.78 is 6.70. The maximum atomic E-state index is 5.71. The van der Waals surface area contributed by atoms with Crippen molar-refractivity contribution in [2.45, 2.75) is 6.92 Å². The van der Waals surface area contributed by atoms with Crippen LogP contribution in [0.5, 0.6) is 0 Å². The van der Waals surface area contributed by atoms with Crippen molar-refractivity contribution in [1.29, 1.82) is 0 Å². The van der Waals surface area contributed by atoms with Crippen LogP contribution in [0.1, 0.15) is 12.7 Å². The summed E-state index contributed by atoms with van der Waals surface area (Å²) in [7, 11) is 0. The van der Waals surface area contributed by atoms with Gasteiger partial charge in [-0.2, -0.15) is 5.10 Å². The number of rotatable bonds is 4. The Hall–Kier alpha value is -1.66.